The number of rotatable bonds is 4. The molecule has 0 atom stereocenters. The van der Waals surface area contributed by atoms with Crippen LogP contribution in [0.15, 0.2) is 0 Å². The van der Waals surface area contributed by atoms with E-state index in [1.807, 2.05) is 0 Å². The molecule has 0 radical (unpaired) electrons. The summed E-state index contributed by atoms with van der Waals surface area (Å²) in [6.07, 6.45) is 15.0. The van der Waals surface area contributed by atoms with Gasteiger partial charge in [-0.2, -0.15) is 4.98 Å². The van der Waals surface area contributed by atoms with Crippen molar-refractivity contribution in [3.05, 3.63) is 11.3 Å². The second kappa shape index (κ2) is 7.10. The Morgan fingerprint density at radius 3 is 2.48 bits per heavy atom. The van der Waals surface area contributed by atoms with Crippen molar-refractivity contribution in [2.75, 3.05) is 17.6 Å². The molecule has 25 heavy (non-hydrogen) atoms. The Balaban J connectivity index is 1.46. The predicted molar refractivity (Wildman–Crippen MR) is 103 cm³/mol. The molecule has 3 aliphatic rings. The van der Waals surface area contributed by atoms with Crippen LogP contribution in [-0.2, 0) is 11.8 Å². The van der Waals surface area contributed by atoms with E-state index in [-0.39, 0.29) is 0 Å². The van der Waals surface area contributed by atoms with E-state index in [1.54, 1.807) is 0 Å². The highest BCUT2D eigenvalue weighted by Crippen LogP contribution is 2.49. The number of anilines is 2. The molecule has 0 aliphatic heterocycles. The number of fused-ring (bicyclic) bond motifs is 2. The number of nitrogens with one attached hydrogen (secondary N) is 1. The average Bonchev–Trinajstić information content (AvgIpc) is 3.07. The number of nitrogens with two attached hydrogens (primary N) is 2. The fraction of sp³-hybridized carbons (Fsp3) is 0.800. The van der Waals surface area contributed by atoms with Crippen LogP contribution in [0.4, 0.5) is 11.8 Å². The molecule has 0 bridgehead atoms. The zero-order valence-electron chi connectivity index (χ0n) is 15.4. The summed E-state index contributed by atoms with van der Waals surface area (Å²) < 4.78 is 0. The summed E-state index contributed by atoms with van der Waals surface area (Å²) in [5.41, 5.74) is 15.0. The molecule has 1 aromatic heterocycles. The van der Waals surface area contributed by atoms with Crippen molar-refractivity contribution < 1.29 is 0 Å². The van der Waals surface area contributed by atoms with E-state index in [0.717, 1.165) is 24.7 Å². The molecular weight excluding hydrogens is 310 g/mol. The third-order valence-electron chi connectivity index (χ3n) is 6.91. The van der Waals surface area contributed by atoms with Crippen LogP contribution in [-0.4, -0.2) is 22.6 Å². The minimum absolute atomic E-state index is 0.292. The van der Waals surface area contributed by atoms with Crippen molar-refractivity contribution in [2.45, 2.75) is 88.5 Å². The molecule has 5 heteroatoms. The van der Waals surface area contributed by atoms with Gasteiger partial charge >= 0.3 is 0 Å². The molecule has 5 nitrogen and oxygen atoms in total. The summed E-state index contributed by atoms with van der Waals surface area (Å²) in [5.74, 6) is 2.27. The minimum atomic E-state index is 0.292. The zero-order chi connectivity index (χ0) is 17.3. The maximum atomic E-state index is 6.09. The standard InChI is InChI=1S/C20H33N5/c21-15-7-5-14(6-8-15)9-13-23-18-16-4-3-12-20(10-1-2-11-20)17(16)24-19(22)25-18/h14-15H,1-13,21H2,(H3,22,23,24,25). The first-order valence-corrected chi connectivity index (χ1v) is 10.3. The highest BCUT2D eigenvalue weighted by molar-refractivity contribution is 5.53. The zero-order valence-corrected chi connectivity index (χ0v) is 15.4. The van der Waals surface area contributed by atoms with Crippen molar-refractivity contribution in [1.29, 1.82) is 0 Å². The van der Waals surface area contributed by atoms with E-state index in [4.69, 9.17) is 16.5 Å². The molecule has 2 fully saturated rings. The van der Waals surface area contributed by atoms with Crippen molar-refractivity contribution in [3.63, 3.8) is 0 Å². The number of nitrogen functional groups attached to an aromatic ring is 1. The summed E-state index contributed by atoms with van der Waals surface area (Å²) in [6, 6.07) is 0.431. The van der Waals surface area contributed by atoms with Gasteiger partial charge in [0.05, 0.1) is 5.69 Å². The van der Waals surface area contributed by atoms with Crippen molar-refractivity contribution in [2.24, 2.45) is 11.7 Å². The summed E-state index contributed by atoms with van der Waals surface area (Å²) in [6.45, 7) is 0.982. The van der Waals surface area contributed by atoms with Gasteiger partial charge in [0.2, 0.25) is 5.95 Å². The lowest BCUT2D eigenvalue weighted by Crippen LogP contribution is -2.31. The molecule has 1 spiro atoms. The number of nitrogens with zero attached hydrogens (tertiary/aromatic N) is 2. The Bertz CT molecular complexity index is 600. The maximum Gasteiger partial charge on any atom is 0.222 e. The Labute approximate surface area is 151 Å². The fourth-order valence-electron chi connectivity index (χ4n) is 5.46. The van der Waals surface area contributed by atoms with Crippen LogP contribution in [0.1, 0.15) is 81.9 Å². The van der Waals surface area contributed by atoms with Gasteiger partial charge in [0, 0.05) is 23.6 Å². The summed E-state index contributed by atoms with van der Waals surface area (Å²) in [4.78, 5) is 9.30. The maximum absolute atomic E-state index is 6.09. The lowest BCUT2D eigenvalue weighted by molar-refractivity contribution is 0.316. The second-order valence-electron chi connectivity index (χ2n) is 8.59. The molecule has 0 saturated heterocycles. The van der Waals surface area contributed by atoms with Crippen LogP contribution in [0, 0.1) is 5.92 Å². The molecule has 138 valence electrons. The molecule has 0 aromatic carbocycles. The van der Waals surface area contributed by atoms with E-state index in [0.29, 0.717) is 17.4 Å². The molecule has 3 aliphatic carbocycles. The van der Waals surface area contributed by atoms with E-state index >= 15 is 0 Å². The lowest BCUT2D eigenvalue weighted by atomic mass is 9.72. The predicted octanol–water partition coefficient (Wildman–Crippen LogP) is 3.53. The summed E-state index contributed by atoms with van der Waals surface area (Å²) in [5, 5.41) is 3.62. The molecule has 1 aromatic rings. The van der Waals surface area contributed by atoms with Gasteiger partial charge in [-0.25, -0.2) is 4.98 Å². The normalized spacial score (nSPS) is 28.0. The van der Waals surface area contributed by atoms with Gasteiger partial charge in [0.1, 0.15) is 5.82 Å². The Morgan fingerprint density at radius 1 is 1.00 bits per heavy atom. The Morgan fingerprint density at radius 2 is 1.72 bits per heavy atom. The molecular formula is C20H33N5. The average molecular weight is 344 g/mol. The molecule has 5 N–H and O–H groups in total. The largest absolute Gasteiger partial charge is 0.370 e. The van der Waals surface area contributed by atoms with Crippen LogP contribution >= 0.6 is 0 Å². The third-order valence-corrected chi connectivity index (χ3v) is 6.91. The highest BCUT2D eigenvalue weighted by atomic mass is 15.1. The van der Waals surface area contributed by atoms with E-state index in [2.05, 4.69) is 10.3 Å². The summed E-state index contributed by atoms with van der Waals surface area (Å²) in [7, 11) is 0. The highest BCUT2D eigenvalue weighted by Gasteiger charge is 2.41. The number of hydrogen-bond acceptors (Lipinski definition) is 5. The Hall–Kier alpha value is -1.36. The van der Waals surface area contributed by atoms with Crippen LogP contribution in [0.25, 0.3) is 0 Å². The number of aromatic nitrogens is 2. The van der Waals surface area contributed by atoms with Crippen LogP contribution in [0.5, 0.6) is 0 Å². The molecule has 0 unspecified atom stereocenters. The van der Waals surface area contributed by atoms with E-state index in [1.165, 1.54) is 81.9 Å². The topological polar surface area (TPSA) is 89.8 Å². The van der Waals surface area contributed by atoms with Gasteiger partial charge in [-0.15, -0.1) is 0 Å². The van der Waals surface area contributed by atoms with Crippen LogP contribution in [0.3, 0.4) is 0 Å². The molecule has 4 rings (SSSR count). The van der Waals surface area contributed by atoms with Gasteiger partial charge in [-0.3, -0.25) is 0 Å². The van der Waals surface area contributed by atoms with Crippen LogP contribution in [0.2, 0.25) is 0 Å². The van der Waals surface area contributed by atoms with Crippen LogP contribution < -0.4 is 16.8 Å². The van der Waals surface area contributed by atoms with Gasteiger partial charge in [0.25, 0.3) is 0 Å². The SMILES string of the molecule is Nc1nc(NCCC2CCC(N)CC2)c2c(n1)C1(CCCC1)CCC2. The Kier molecular flexibility index (Phi) is 4.85. The summed E-state index contributed by atoms with van der Waals surface area (Å²) >= 11 is 0. The van der Waals surface area contributed by atoms with Gasteiger partial charge < -0.3 is 16.8 Å². The van der Waals surface area contributed by atoms with Gasteiger partial charge in [-0.05, 0) is 70.1 Å². The third kappa shape index (κ3) is 3.48. The van der Waals surface area contributed by atoms with Gasteiger partial charge in [-0.1, -0.05) is 12.8 Å². The first-order valence-electron chi connectivity index (χ1n) is 10.3. The first kappa shape index (κ1) is 17.1. The molecule has 1 heterocycles. The molecule has 2 saturated carbocycles. The first-order chi connectivity index (χ1) is 12.2. The smallest absolute Gasteiger partial charge is 0.222 e. The molecule has 0 amide bonds. The van der Waals surface area contributed by atoms with E-state index in [9.17, 15) is 0 Å². The fourth-order valence-corrected chi connectivity index (χ4v) is 5.46. The van der Waals surface area contributed by atoms with Crippen molar-refractivity contribution >= 4 is 11.8 Å². The van der Waals surface area contributed by atoms with Gasteiger partial charge in [0.15, 0.2) is 0 Å². The number of hydrogen-bond donors (Lipinski definition) is 3. The monoisotopic (exact) mass is 343 g/mol. The second-order valence-corrected chi connectivity index (χ2v) is 8.59. The quantitative estimate of drug-likeness (QED) is 0.778. The van der Waals surface area contributed by atoms with Crippen molar-refractivity contribution in [3.8, 4) is 0 Å². The van der Waals surface area contributed by atoms with Crippen molar-refractivity contribution in [1.82, 2.24) is 9.97 Å². The lowest BCUT2D eigenvalue weighted by Gasteiger charge is -2.35. The van der Waals surface area contributed by atoms with E-state index < -0.39 is 0 Å². The minimum Gasteiger partial charge on any atom is -0.370 e.